The SMILES string of the molecule is Cc1noc(C)c1CCN(C)c1ccc(NS(=O)(=O)c2ccc(C(C)C)cc2)cc1C(=O)O. The van der Waals surface area contributed by atoms with Crippen LogP contribution in [0.4, 0.5) is 11.4 Å². The van der Waals surface area contributed by atoms with E-state index in [4.69, 9.17) is 4.52 Å². The fourth-order valence-corrected chi connectivity index (χ4v) is 4.66. The van der Waals surface area contributed by atoms with Crippen LogP contribution in [-0.4, -0.2) is 38.2 Å². The maximum absolute atomic E-state index is 12.8. The summed E-state index contributed by atoms with van der Waals surface area (Å²) in [6.07, 6.45) is 0.636. The second-order valence-electron chi connectivity index (χ2n) is 8.34. The van der Waals surface area contributed by atoms with Gasteiger partial charge in [-0.05, 0) is 62.1 Å². The third kappa shape index (κ3) is 5.54. The molecule has 0 atom stereocenters. The molecule has 176 valence electrons. The van der Waals surface area contributed by atoms with Gasteiger partial charge in [-0.25, -0.2) is 13.2 Å². The number of carbonyl (C=O) groups is 1. The smallest absolute Gasteiger partial charge is 0.337 e. The average molecular weight is 472 g/mol. The molecule has 0 bridgehead atoms. The highest BCUT2D eigenvalue weighted by atomic mass is 32.2. The summed E-state index contributed by atoms with van der Waals surface area (Å²) in [5.41, 5.74) is 3.51. The van der Waals surface area contributed by atoms with E-state index < -0.39 is 16.0 Å². The number of nitrogens with one attached hydrogen (secondary N) is 1. The number of anilines is 2. The summed E-state index contributed by atoms with van der Waals surface area (Å²) >= 11 is 0. The number of hydrogen-bond acceptors (Lipinski definition) is 6. The van der Waals surface area contributed by atoms with Crippen molar-refractivity contribution in [3.63, 3.8) is 0 Å². The molecule has 0 amide bonds. The minimum Gasteiger partial charge on any atom is -0.478 e. The van der Waals surface area contributed by atoms with Crippen molar-refractivity contribution in [3.8, 4) is 0 Å². The molecule has 0 unspecified atom stereocenters. The molecule has 3 rings (SSSR count). The topological polar surface area (TPSA) is 113 Å². The van der Waals surface area contributed by atoms with Crippen molar-refractivity contribution >= 4 is 27.4 Å². The molecule has 2 aromatic carbocycles. The maximum Gasteiger partial charge on any atom is 0.337 e. The summed E-state index contributed by atoms with van der Waals surface area (Å²) in [5, 5.41) is 13.7. The van der Waals surface area contributed by atoms with Crippen LogP contribution < -0.4 is 9.62 Å². The molecule has 3 aromatic rings. The Labute approximate surface area is 194 Å². The summed E-state index contributed by atoms with van der Waals surface area (Å²) in [4.78, 5) is 13.9. The van der Waals surface area contributed by atoms with Crippen LogP contribution in [0.15, 0.2) is 51.9 Å². The monoisotopic (exact) mass is 471 g/mol. The molecule has 0 spiro atoms. The molecule has 2 N–H and O–H groups in total. The highest BCUT2D eigenvalue weighted by Crippen LogP contribution is 2.27. The van der Waals surface area contributed by atoms with Gasteiger partial charge in [0.1, 0.15) is 5.76 Å². The van der Waals surface area contributed by atoms with Crippen molar-refractivity contribution < 1.29 is 22.8 Å². The first-order valence-corrected chi connectivity index (χ1v) is 12.1. The van der Waals surface area contributed by atoms with Crippen molar-refractivity contribution in [3.05, 3.63) is 70.6 Å². The van der Waals surface area contributed by atoms with Gasteiger partial charge in [-0.2, -0.15) is 0 Å². The van der Waals surface area contributed by atoms with Crippen LogP contribution in [0.3, 0.4) is 0 Å². The van der Waals surface area contributed by atoms with Crippen molar-refractivity contribution in [1.82, 2.24) is 5.16 Å². The number of carboxylic acid groups (broad SMARTS) is 1. The lowest BCUT2D eigenvalue weighted by molar-refractivity contribution is 0.0697. The number of sulfonamides is 1. The number of likely N-dealkylation sites (N-methyl/N-ethyl adjacent to an activating group) is 1. The Morgan fingerprint density at radius 3 is 2.36 bits per heavy atom. The predicted molar refractivity (Wildman–Crippen MR) is 128 cm³/mol. The summed E-state index contributed by atoms with van der Waals surface area (Å²) in [6, 6.07) is 11.2. The predicted octanol–water partition coefficient (Wildman–Crippen LogP) is 4.59. The number of aromatic carboxylic acids is 1. The lowest BCUT2D eigenvalue weighted by atomic mass is 10.0. The number of nitrogens with zero attached hydrogens (tertiary/aromatic N) is 2. The molecule has 8 nitrogen and oxygen atoms in total. The van der Waals surface area contributed by atoms with Crippen molar-refractivity contribution in [2.75, 3.05) is 23.2 Å². The molecule has 9 heteroatoms. The van der Waals surface area contributed by atoms with Gasteiger partial charge in [0, 0.05) is 24.8 Å². The Bertz CT molecular complexity index is 1230. The molecule has 0 saturated heterocycles. The number of aromatic nitrogens is 1. The van der Waals surface area contributed by atoms with Gasteiger partial charge in [0.25, 0.3) is 10.0 Å². The Hall–Kier alpha value is -3.33. The van der Waals surface area contributed by atoms with E-state index in [0.29, 0.717) is 18.7 Å². The molecular formula is C24H29N3O5S. The van der Waals surface area contributed by atoms with E-state index in [2.05, 4.69) is 9.88 Å². The van der Waals surface area contributed by atoms with Crippen LogP contribution in [0.25, 0.3) is 0 Å². The van der Waals surface area contributed by atoms with E-state index in [-0.39, 0.29) is 22.1 Å². The van der Waals surface area contributed by atoms with Gasteiger partial charge in [-0.1, -0.05) is 31.1 Å². The van der Waals surface area contributed by atoms with Gasteiger partial charge < -0.3 is 14.5 Å². The maximum atomic E-state index is 12.8. The van der Waals surface area contributed by atoms with E-state index >= 15 is 0 Å². The summed E-state index contributed by atoms with van der Waals surface area (Å²) in [6.45, 7) is 8.31. The number of hydrogen-bond donors (Lipinski definition) is 2. The van der Waals surface area contributed by atoms with E-state index in [1.165, 1.54) is 6.07 Å². The Morgan fingerprint density at radius 1 is 1.15 bits per heavy atom. The van der Waals surface area contributed by atoms with Gasteiger partial charge in [0.15, 0.2) is 0 Å². The molecule has 0 aliphatic heterocycles. The Kier molecular flexibility index (Phi) is 7.12. The van der Waals surface area contributed by atoms with Crippen molar-refractivity contribution in [2.45, 2.75) is 44.9 Å². The van der Waals surface area contributed by atoms with Gasteiger partial charge in [-0.3, -0.25) is 4.72 Å². The molecule has 0 aliphatic rings. The van der Waals surface area contributed by atoms with Crippen LogP contribution in [0.2, 0.25) is 0 Å². The van der Waals surface area contributed by atoms with E-state index in [0.717, 1.165) is 22.6 Å². The number of aryl methyl sites for hydroxylation is 2. The quantitative estimate of drug-likeness (QED) is 0.469. The molecule has 0 fully saturated rings. The summed E-state index contributed by atoms with van der Waals surface area (Å²) in [7, 11) is -2.06. The van der Waals surface area contributed by atoms with Gasteiger partial charge in [0.2, 0.25) is 0 Å². The zero-order valence-electron chi connectivity index (χ0n) is 19.4. The molecule has 1 aromatic heterocycles. The van der Waals surface area contributed by atoms with Crippen LogP contribution in [-0.2, 0) is 16.4 Å². The second kappa shape index (κ2) is 9.66. The highest BCUT2D eigenvalue weighted by molar-refractivity contribution is 7.92. The minimum absolute atomic E-state index is 0.00613. The first-order chi connectivity index (χ1) is 15.5. The molecular weight excluding hydrogens is 442 g/mol. The van der Waals surface area contributed by atoms with Crippen molar-refractivity contribution in [1.29, 1.82) is 0 Å². The fourth-order valence-electron chi connectivity index (χ4n) is 3.61. The average Bonchev–Trinajstić information content (AvgIpc) is 3.09. The number of carboxylic acids is 1. The normalized spacial score (nSPS) is 11.6. The lowest BCUT2D eigenvalue weighted by Crippen LogP contribution is -2.23. The zero-order valence-corrected chi connectivity index (χ0v) is 20.2. The molecule has 0 aliphatic carbocycles. The third-order valence-corrected chi connectivity index (χ3v) is 7.02. The molecule has 0 radical (unpaired) electrons. The fraction of sp³-hybridized carbons (Fsp3) is 0.333. The lowest BCUT2D eigenvalue weighted by Gasteiger charge is -2.22. The third-order valence-electron chi connectivity index (χ3n) is 5.63. The minimum atomic E-state index is -3.85. The largest absolute Gasteiger partial charge is 0.478 e. The molecule has 33 heavy (non-hydrogen) atoms. The second-order valence-corrected chi connectivity index (χ2v) is 10.0. The summed E-state index contributed by atoms with van der Waals surface area (Å²) in [5.74, 6) is -0.114. The van der Waals surface area contributed by atoms with Crippen LogP contribution in [0.1, 0.15) is 52.7 Å². The van der Waals surface area contributed by atoms with E-state index in [1.807, 2.05) is 32.6 Å². The van der Waals surface area contributed by atoms with Crippen LogP contribution >= 0.6 is 0 Å². The van der Waals surface area contributed by atoms with E-state index in [1.54, 1.807) is 43.4 Å². The van der Waals surface area contributed by atoms with Crippen molar-refractivity contribution in [2.24, 2.45) is 0 Å². The number of benzene rings is 2. The first-order valence-electron chi connectivity index (χ1n) is 10.6. The van der Waals surface area contributed by atoms with Gasteiger partial charge in [-0.15, -0.1) is 0 Å². The molecule has 1 heterocycles. The first kappa shape index (κ1) is 24.3. The van der Waals surface area contributed by atoms with Gasteiger partial charge in [0.05, 0.1) is 21.8 Å². The van der Waals surface area contributed by atoms with Crippen LogP contribution in [0, 0.1) is 13.8 Å². The standard InChI is InChI=1S/C24H29N3O5S/c1-15(2)18-6-9-20(10-7-18)33(30,31)26-19-8-11-23(22(14-19)24(28)29)27(5)13-12-21-16(3)25-32-17(21)4/h6-11,14-15,26H,12-13H2,1-5H3,(H,28,29). The molecule has 0 saturated carbocycles. The van der Waals surface area contributed by atoms with Gasteiger partial charge >= 0.3 is 5.97 Å². The van der Waals surface area contributed by atoms with Crippen LogP contribution in [0.5, 0.6) is 0 Å². The summed E-state index contributed by atoms with van der Waals surface area (Å²) < 4.78 is 33.3. The Balaban J connectivity index is 1.81. The van der Waals surface area contributed by atoms with E-state index in [9.17, 15) is 18.3 Å². The zero-order chi connectivity index (χ0) is 24.3. The Morgan fingerprint density at radius 2 is 1.82 bits per heavy atom. The highest BCUT2D eigenvalue weighted by Gasteiger charge is 2.19. The number of rotatable bonds is 9.